The molecule has 12 heavy (non-hydrogen) atoms. The van der Waals surface area contributed by atoms with Crippen LogP contribution in [-0.4, -0.2) is 25.5 Å². The molecule has 0 aliphatic carbocycles. The van der Waals surface area contributed by atoms with Crippen LogP contribution in [-0.2, 0) is 0 Å². The van der Waals surface area contributed by atoms with Crippen molar-refractivity contribution in [2.24, 2.45) is 0 Å². The van der Waals surface area contributed by atoms with Gasteiger partial charge in [0, 0.05) is 0 Å². The second-order valence-corrected chi connectivity index (χ2v) is 3.31. The predicted molar refractivity (Wildman–Crippen MR) is 51.5 cm³/mol. The average Bonchev–Trinajstić information content (AvgIpc) is 1.97. The molecule has 0 amide bonds. The molecule has 0 aliphatic rings. The van der Waals surface area contributed by atoms with Crippen molar-refractivity contribution >= 4 is 0 Å². The molecule has 0 saturated carbocycles. The Morgan fingerprint density at radius 1 is 1.33 bits per heavy atom. The van der Waals surface area contributed by atoms with Crippen LogP contribution in [0.25, 0.3) is 0 Å². The fourth-order valence-electron chi connectivity index (χ4n) is 0.934. The summed E-state index contributed by atoms with van der Waals surface area (Å²) in [7, 11) is 4.23. The fraction of sp³-hybridized carbons (Fsp3) is 0.700. The van der Waals surface area contributed by atoms with E-state index in [-0.39, 0.29) is 18.9 Å². The Hall–Kier alpha value is 0.167. The second kappa shape index (κ2) is 9.26. The van der Waals surface area contributed by atoms with Crippen LogP contribution in [0, 0.1) is 6.92 Å². The summed E-state index contributed by atoms with van der Waals surface area (Å²) in [6.45, 7) is 7.07. The van der Waals surface area contributed by atoms with E-state index in [1.807, 2.05) is 6.08 Å². The molecule has 0 spiro atoms. The molecule has 0 aliphatic heterocycles. The SMILES string of the molecule is [CH2-]/C=C(\C)CCCCN(C)C.[Li+]. The molecule has 0 aromatic carbocycles. The molecule has 66 valence electrons. The summed E-state index contributed by atoms with van der Waals surface area (Å²) in [5.41, 5.74) is 1.41. The topological polar surface area (TPSA) is 3.24 Å². The maximum Gasteiger partial charge on any atom is 1.00 e. The van der Waals surface area contributed by atoms with E-state index in [0.29, 0.717) is 0 Å². The summed E-state index contributed by atoms with van der Waals surface area (Å²) >= 11 is 0. The van der Waals surface area contributed by atoms with Crippen LogP contribution in [0.2, 0.25) is 0 Å². The van der Waals surface area contributed by atoms with Crippen molar-refractivity contribution in [1.29, 1.82) is 0 Å². The molecule has 0 atom stereocenters. The normalized spacial score (nSPS) is 11.5. The van der Waals surface area contributed by atoms with E-state index in [9.17, 15) is 0 Å². The summed E-state index contributed by atoms with van der Waals surface area (Å²) in [5, 5.41) is 0. The third kappa shape index (κ3) is 10.2. The molecule has 0 rings (SSSR count). The van der Waals surface area contributed by atoms with Crippen molar-refractivity contribution < 1.29 is 18.9 Å². The van der Waals surface area contributed by atoms with Crippen molar-refractivity contribution in [2.75, 3.05) is 20.6 Å². The Balaban J connectivity index is 0. The maximum absolute atomic E-state index is 3.73. The molecule has 0 bridgehead atoms. The van der Waals surface area contributed by atoms with Gasteiger partial charge in [-0.15, -0.1) is 6.92 Å². The van der Waals surface area contributed by atoms with E-state index in [0.717, 1.165) is 0 Å². The number of nitrogens with zero attached hydrogens (tertiary/aromatic N) is 1. The smallest absolute Gasteiger partial charge is 0.309 e. The van der Waals surface area contributed by atoms with Crippen LogP contribution in [0.1, 0.15) is 26.2 Å². The first kappa shape index (κ1) is 14.7. The standard InChI is InChI=1S/C10H20N.Li/c1-5-10(2)8-6-7-9-11(3)4;/h5H,1,6-9H2,2-4H3;/q-1;+1/b10-5+;. The van der Waals surface area contributed by atoms with Crippen molar-refractivity contribution in [3.05, 3.63) is 18.6 Å². The first-order valence-corrected chi connectivity index (χ1v) is 4.26. The van der Waals surface area contributed by atoms with E-state index in [4.69, 9.17) is 0 Å². The van der Waals surface area contributed by atoms with Gasteiger partial charge < -0.3 is 4.90 Å². The average molecular weight is 161 g/mol. The minimum atomic E-state index is 0. The fourth-order valence-corrected chi connectivity index (χ4v) is 0.934. The van der Waals surface area contributed by atoms with Crippen LogP contribution in [0.4, 0.5) is 0 Å². The molecule has 2 heteroatoms. The van der Waals surface area contributed by atoms with Crippen LogP contribution in [0.3, 0.4) is 0 Å². The molecule has 0 radical (unpaired) electrons. The molecular weight excluding hydrogens is 141 g/mol. The monoisotopic (exact) mass is 161 g/mol. The van der Waals surface area contributed by atoms with Crippen molar-refractivity contribution in [3.8, 4) is 0 Å². The van der Waals surface area contributed by atoms with Crippen LogP contribution >= 0.6 is 0 Å². The number of allylic oxidation sites excluding steroid dienone is 2. The molecule has 0 unspecified atom stereocenters. The zero-order valence-electron chi connectivity index (χ0n) is 9.06. The first-order chi connectivity index (χ1) is 5.16. The Kier molecular flexibility index (Phi) is 11.3. The zero-order chi connectivity index (χ0) is 8.69. The first-order valence-electron chi connectivity index (χ1n) is 4.26. The van der Waals surface area contributed by atoms with E-state index in [2.05, 4.69) is 32.8 Å². The number of hydrogen-bond donors (Lipinski definition) is 0. The summed E-state index contributed by atoms with van der Waals surface area (Å²) in [5.74, 6) is 0. The van der Waals surface area contributed by atoms with Gasteiger partial charge in [0.05, 0.1) is 0 Å². The molecule has 0 aromatic heterocycles. The van der Waals surface area contributed by atoms with Gasteiger partial charge in [-0.25, -0.2) is 18.6 Å². The van der Waals surface area contributed by atoms with Crippen molar-refractivity contribution in [2.45, 2.75) is 26.2 Å². The summed E-state index contributed by atoms with van der Waals surface area (Å²) in [6, 6.07) is 0. The largest absolute Gasteiger partial charge is 1.00 e. The Labute approximate surface area is 89.4 Å². The van der Waals surface area contributed by atoms with E-state index in [1.54, 1.807) is 0 Å². The van der Waals surface area contributed by atoms with Gasteiger partial charge in [0.15, 0.2) is 0 Å². The quantitative estimate of drug-likeness (QED) is 0.298. The molecule has 0 aromatic rings. The third-order valence-corrected chi connectivity index (χ3v) is 1.77. The molecule has 0 N–H and O–H groups in total. The van der Waals surface area contributed by atoms with Crippen molar-refractivity contribution in [1.82, 2.24) is 4.90 Å². The molecule has 0 fully saturated rings. The van der Waals surface area contributed by atoms with Gasteiger partial charge in [-0.3, -0.25) is 0 Å². The predicted octanol–water partition coefficient (Wildman–Crippen LogP) is -0.497. The minimum absolute atomic E-state index is 0. The van der Waals surface area contributed by atoms with E-state index < -0.39 is 0 Å². The molecule has 1 nitrogen and oxygen atoms in total. The van der Waals surface area contributed by atoms with Gasteiger partial charge in [-0.2, -0.15) is 0 Å². The van der Waals surface area contributed by atoms with Crippen LogP contribution < -0.4 is 18.9 Å². The Morgan fingerprint density at radius 3 is 2.33 bits per heavy atom. The van der Waals surface area contributed by atoms with Gasteiger partial charge in [-0.1, -0.05) is 12.8 Å². The second-order valence-electron chi connectivity index (χ2n) is 3.31. The minimum Gasteiger partial charge on any atom is -0.309 e. The molecule has 0 heterocycles. The van der Waals surface area contributed by atoms with Crippen LogP contribution in [0.15, 0.2) is 11.6 Å². The Bertz CT molecular complexity index is 119. The Morgan fingerprint density at radius 2 is 1.92 bits per heavy atom. The van der Waals surface area contributed by atoms with Crippen LogP contribution in [0.5, 0.6) is 0 Å². The molecule has 0 saturated heterocycles. The van der Waals surface area contributed by atoms with Gasteiger partial charge in [-0.05, 0) is 27.1 Å². The van der Waals surface area contributed by atoms with Gasteiger partial charge in [0.1, 0.15) is 0 Å². The summed E-state index contributed by atoms with van der Waals surface area (Å²) in [4.78, 5) is 2.23. The number of hydrogen-bond acceptors (Lipinski definition) is 1. The van der Waals surface area contributed by atoms with Gasteiger partial charge in [0.25, 0.3) is 0 Å². The number of unbranched alkanes of at least 4 members (excludes halogenated alkanes) is 1. The maximum atomic E-state index is 3.73. The van der Waals surface area contributed by atoms with Gasteiger partial charge >= 0.3 is 18.9 Å². The molecular formula is C10H20LiN. The summed E-state index contributed by atoms with van der Waals surface area (Å²) in [6.07, 6.45) is 5.74. The zero-order valence-corrected chi connectivity index (χ0v) is 9.06. The van der Waals surface area contributed by atoms with Gasteiger partial charge in [0.2, 0.25) is 0 Å². The van der Waals surface area contributed by atoms with E-state index in [1.165, 1.54) is 31.4 Å². The third-order valence-electron chi connectivity index (χ3n) is 1.77. The van der Waals surface area contributed by atoms with Crippen molar-refractivity contribution in [3.63, 3.8) is 0 Å². The number of rotatable bonds is 5. The summed E-state index contributed by atoms with van der Waals surface area (Å²) < 4.78 is 0. The van der Waals surface area contributed by atoms with E-state index >= 15 is 0 Å².